The normalized spacial score (nSPS) is 11.8. The van der Waals surface area contributed by atoms with Gasteiger partial charge in [0.25, 0.3) is 0 Å². The van der Waals surface area contributed by atoms with Crippen molar-refractivity contribution in [1.82, 2.24) is 19.9 Å². The molecule has 4 heteroatoms. The molecule has 5 rings (SSSR count). The topological polar surface area (TPSA) is 54.5 Å². The lowest BCUT2D eigenvalue weighted by Crippen LogP contribution is -1.83. The molecule has 0 saturated heterocycles. The Morgan fingerprint density at radius 3 is 2.72 bits per heavy atom. The summed E-state index contributed by atoms with van der Waals surface area (Å²) in [5, 5.41) is 2.20. The zero-order chi connectivity index (χ0) is 16.6. The van der Waals surface area contributed by atoms with E-state index in [9.17, 15) is 0 Å². The number of rotatable bonds is 2. The van der Waals surface area contributed by atoms with Crippen molar-refractivity contribution in [2.75, 3.05) is 0 Å². The van der Waals surface area contributed by atoms with Crippen LogP contribution >= 0.6 is 0 Å². The van der Waals surface area contributed by atoms with Crippen LogP contribution in [0.2, 0.25) is 0 Å². The highest BCUT2D eigenvalue weighted by Gasteiger charge is 2.05. The standard InChI is InChI=1S/C21H14N4/c1-2-6-17-14(4-1)7-8-15(23-17)9-12-20-24-19-11-10-18-16(21(19)25-20)5-3-13-22-18/h1-13H,(H,24,25)/b12-9+. The summed E-state index contributed by atoms with van der Waals surface area (Å²) < 4.78 is 0. The predicted molar refractivity (Wildman–Crippen MR) is 102 cm³/mol. The molecule has 0 saturated carbocycles. The molecular weight excluding hydrogens is 308 g/mol. The van der Waals surface area contributed by atoms with Gasteiger partial charge in [-0.05, 0) is 48.6 Å². The van der Waals surface area contributed by atoms with Gasteiger partial charge in [-0.2, -0.15) is 0 Å². The molecule has 0 atom stereocenters. The lowest BCUT2D eigenvalue weighted by atomic mass is 10.2. The maximum Gasteiger partial charge on any atom is 0.131 e. The summed E-state index contributed by atoms with van der Waals surface area (Å²) in [6.07, 6.45) is 5.73. The Morgan fingerprint density at radius 2 is 1.72 bits per heavy atom. The summed E-state index contributed by atoms with van der Waals surface area (Å²) in [4.78, 5) is 17.1. The Hall–Kier alpha value is -3.53. The molecular formula is C21H14N4. The van der Waals surface area contributed by atoms with Crippen LogP contribution in [0, 0.1) is 0 Å². The first kappa shape index (κ1) is 13.9. The number of benzene rings is 2. The Kier molecular flexibility index (Phi) is 3.07. The SMILES string of the molecule is C(=C\c1nc2c(ccc3ncccc32)[nH]1)/c1ccc2ccccc2n1. The molecule has 3 heterocycles. The lowest BCUT2D eigenvalue weighted by molar-refractivity contribution is 1.29. The third-order valence-corrected chi connectivity index (χ3v) is 4.28. The molecule has 25 heavy (non-hydrogen) atoms. The largest absolute Gasteiger partial charge is 0.338 e. The van der Waals surface area contributed by atoms with Crippen molar-refractivity contribution >= 4 is 45.0 Å². The van der Waals surface area contributed by atoms with E-state index >= 15 is 0 Å². The fraction of sp³-hybridized carbons (Fsp3) is 0. The van der Waals surface area contributed by atoms with Gasteiger partial charge in [-0.1, -0.05) is 24.3 Å². The highest BCUT2D eigenvalue weighted by atomic mass is 14.9. The molecule has 5 aromatic rings. The zero-order valence-corrected chi connectivity index (χ0v) is 13.3. The van der Waals surface area contributed by atoms with Crippen molar-refractivity contribution in [3.63, 3.8) is 0 Å². The quantitative estimate of drug-likeness (QED) is 0.506. The molecule has 0 radical (unpaired) electrons. The lowest BCUT2D eigenvalue weighted by Gasteiger charge is -1.97. The van der Waals surface area contributed by atoms with Crippen LogP contribution in [-0.4, -0.2) is 19.9 Å². The average Bonchev–Trinajstić information content (AvgIpc) is 3.10. The van der Waals surface area contributed by atoms with Crippen LogP contribution in [-0.2, 0) is 0 Å². The second-order valence-corrected chi connectivity index (χ2v) is 5.92. The fourth-order valence-electron chi connectivity index (χ4n) is 3.06. The molecule has 2 aromatic carbocycles. The van der Waals surface area contributed by atoms with Crippen molar-refractivity contribution in [2.24, 2.45) is 0 Å². The summed E-state index contributed by atoms with van der Waals surface area (Å²) in [7, 11) is 0. The van der Waals surface area contributed by atoms with E-state index in [1.165, 1.54) is 0 Å². The Morgan fingerprint density at radius 1 is 0.760 bits per heavy atom. The number of aromatic amines is 1. The van der Waals surface area contributed by atoms with Gasteiger partial charge in [-0.15, -0.1) is 0 Å². The van der Waals surface area contributed by atoms with Gasteiger partial charge in [0.05, 0.1) is 27.8 Å². The molecule has 1 N–H and O–H groups in total. The minimum absolute atomic E-state index is 0.807. The molecule has 3 aromatic heterocycles. The van der Waals surface area contributed by atoms with Gasteiger partial charge in [-0.3, -0.25) is 4.98 Å². The molecule has 0 aliphatic carbocycles. The van der Waals surface area contributed by atoms with Gasteiger partial charge >= 0.3 is 0 Å². The van der Waals surface area contributed by atoms with Crippen LogP contribution in [0.3, 0.4) is 0 Å². The van der Waals surface area contributed by atoms with Crippen molar-refractivity contribution in [3.8, 4) is 0 Å². The van der Waals surface area contributed by atoms with Gasteiger partial charge in [0.2, 0.25) is 0 Å². The van der Waals surface area contributed by atoms with E-state index in [0.717, 1.165) is 44.4 Å². The van der Waals surface area contributed by atoms with Gasteiger partial charge in [0.15, 0.2) is 0 Å². The smallest absolute Gasteiger partial charge is 0.131 e. The molecule has 0 unspecified atom stereocenters. The maximum atomic E-state index is 4.71. The van der Waals surface area contributed by atoms with E-state index in [4.69, 9.17) is 4.98 Å². The number of pyridine rings is 2. The number of H-pyrrole nitrogens is 1. The zero-order valence-electron chi connectivity index (χ0n) is 13.3. The summed E-state index contributed by atoms with van der Waals surface area (Å²) in [6, 6.07) is 20.2. The van der Waals surface area contributed by atoms with Crippen LogP contribution in [0.25, 0.3) is 45.0 Å². The second-order valence-electron chi connectivity index (χ2n) is 5.92. The minimum Gasteiger partial charge on any atom is -0.338 e. The maximum absolute atomic E-state index is 4.71. The summed E-state index contributed by atoms with van der Waals surface area (Å²) in [6.45, 7) is 0. The molecule has 4 nitrogen and oxygen atoms in total. The van der Waals surface area contributed by atoms with Crippen LogP contribution in [0.15, 0.2) is 66.9 Å². The Bertz CT molecular complexity index is 1250. The first-order valence-electron chi connectivity index (χ1n) is 8.14. The number of fused-ring (bicyclic) bond motifs is 4. The van der Waals surface area contributed by atoms with Crippen LogP contribution in [0.1, 0.15) is 11.5 Å². The molecule has 118 valence electrons. The van der Waals surface area contributed by atoms with E-state index in [1.807, 2.05) is 60.7 Å². The van der Waals surface area contributed by atoms with Crippen molar-refractivity contribution in [1.29, 1.82) is 0 Å². The predicted octanol–water partition coefficient (Wildman–Crippen LogP) is 4.83. The summed E-state index contributed by atoms with van der Waals surface area (Å²) >= 11 is 0. The first-order valence-corrected chi connectivity index (χ1v) is 8.14. The second kappa shape index (κ2) is 5.53. The van der Waals surface area contributed by atoms with Gasteiger partial charge < -0.3 is 4.98 Å². The van der Waals surface area contributed by atoms with Crippen molar-refractivity contribution in [2.45, 2.75) is 0 Å². The number of imidazole rings is 1. The Labute approximate surface area is 143 Å². The Balaban J connectivity index is 1.56. The first-order chi connectivity index (χ1) is 12.4. The number of hydrogen-bond acceptors (Lipinski definition) is 3. The highest BCUT2D eigenvalue weighted by molar-refractivity contribution is 6.02. The summed E-state index contributed by atoms with van der Waals surface area (Å²) in [5.74, 6) is 0.807. The molecule has 0 bridgehead atoms. The van der Waals surface area contributed by atoms with E-state index in [-0.39, 0.29) is 0 Å². The van der Waals surface area contributed by atoms with E-state index in [0.29, 0.717) is 0 Å². The number of nitrogens with zero attached hydrogens (tertiary/aromatic N) is 3. The number of hydrogen-bond donors (Lipinski definition) is 1. The highest BCUT2D eigenvalue weighted by Crippen LogP contribution is 2.22. The van der Waals surface area contributed by atoms with Crippen molar-refractivity contribution in [3.05, 3.63) is 78.4 Å². The summed E-state index contributed by atoms with van der Waals surface area (Å²) in [5.41, 5.74) is 4.80. The third-order valence-electron chi connectivity index (χ3n) is 4.28. The third kappa shape index (κ3) is 2.44. The average molecular weight is 322 g/mol. The van der Waals surface area contributed by atoms with Gasteiger partial charge in [0.1, 0.15) is 5.82 Å². The van der Waals surface area contributed by atoms with Gasteiger partial charge in [-0.25, -0.2) is 9.97 Å². The van der Waals surface area contributed by atoms with Crippen molar-refractivity contribution < 1.29 is 0 Å². The molecule has 0 spiro atoms. The van der Waals surface area contributed by atoms with E-state index < -0.39 is 0 Å². The van der Waals surface area contributed by atoms with Gasteiger partial charge in [0, 0.05) is 17.0 Å². The van der Waals surface area contributed by atoms with Crippen LogP contribution in [0.5, 0.6) is 0 Å². The van der Waals surface area contributed by atoms with Crippen LogP contribution in [0.4, 0.5) is 0 Å². The number of nitrogens with one attached hydrogen (secondary N) is 1. The molecule has 0 aliphatic heterocycles. The molecule has 0 amide bonds. The number of aromatic nitrogens is 4. The minimum atomic E-state index is 0.807. The molecule has 0 fully saturated rings. The van der Waals surface area contributed by atoms with E-state index in [1.54, 1.807) is 6.20 Å². The van der Waals surface area contributed by atoms with E-state index in [2.05, 4.69) is 27.1 Å². The van der Waals surface area contributed by atoms with Crippen LogP contribution < -0.4 is 0 Å². The molecule has 0 aliphatic rings. The number of para-hydroxylation sites is 1. The monoisotopic (exact) mass is 322 g/mol. The fourth-order valence-corrected chi connectivity index (χ4v) is 3.06.